The van der Waals surface area contributed by atoms with E-state index in [4.69, 9.17) is 19.9 Å². The summed E-state index contributed by atoms with van der Waals surface area (Å²) in [6.07, 6.45) is 0. The summed E-state index contributed by atoms with van der Waals surface area (Å²) in [6, 6.07) is 135. The van der Waals surface area contributed by atoms with Gasteiger partial charge in [-0.3, -0.25) is 0 Å². The topological polar surface area (TPSA) is 51.6 Å². The first-order valence-corrected chi connectivity index (χ1v) is 35.6. The lowest BCUT2D eigenvalue weighted by Crippen LogP contribution is -1.93. The molecule has 0 atom stereocenters. The molecule has 0 unspecified atom stereocenters. The molecule has 4 aromatic heterocycles. The summed E-state index contributed by atoms with van der Waals surface area (Å²) < 4.78 is 0. The van der Waals surface area contributed by atoms with E-state index >= 15 is 0 Å². The molecule has 4 nitrogen and oxygen atoms in total. The maximum absolute atomic E-state index is 5.32. The first-order valence-electron chi connectivity index (χ1n) is 35.6. The van der Waals surface area contributed by atoms with Gasteiger partial charge in [0.15, 0.2) is 0 Å². The predicted molar refractivity (Wildman–Crippen MR) is 440 cm³/mol. The number of fused-ring (bicyclic) bond motifs is 13. The standard InChI is InChI=1S/C52H32N2.C48H30N2/c1-2-13-35(14-3-1)49-44-20-10-11-21-47(44)54-52-45(49)30-28-37-29-31-46(53-51(37)52)34-23-25-36(26-24-34)48-40-16-6-8-18-42(40)50(43-19-9-7-17-41(43)48)39-27-22-33-12-4-5-15-38(33)32-39;1-2-10-32(11-3-1)46-42-15-6-7-16-45(42)50-48-43(46)25-23-33-24-26-44(49-47(33)48)41-14-8-13-35(30-41)36-19-20-40-29-39(22-21-38(40)28-36)37-18-17-31-9-4-5-12-34(31)27-37/h1-32H;1-30H. The maximum atomic E-state index is 5.32. The first-order chi connectivity index (χ1) is 51.5. The van der Waals surface area contributed by atoms with E-state index in [9.17, 15) is 0 Å². The van der Waals surface area contributed by atoms with Crippen LogP contribution in [-0.2, 0) is 0 Å². The number of rotatable bonds is 8. The molecule has 0 bridgehead atoms. The lowest BCUT2D eigenvalue weighted by molar-refractivity contribution is 1.39. The number of nitrogens with zero attached hydrogens (tertiary/aromatic N) is 4. The van der Waals surface area contributed by atoms with Crippen LogP contribution in [0, 0.1) is 0 Å². The van der Waals surface area contributed by atoms with Gasteiger partial charge in [0, 0.05) is 54.6 Å². The smallest absolute Gasteiger partial charge is 0.0978 e. The fraction of sp³-hybridized carbons (Fsp3) is 0. The summed E-state index contributed by atoms with van der Waals surface area (Å²) in [5.41, 5.74) is 24.1. The third-order valence-corrected chi connectivity index (χ3v) is 21.0. The second-order valence-electron chi connectivity index (χ2n) is 27.1. The molecule has 0 aliphatic heterocycles. The Bertz CT molecular complexity index is 6970. The number of para-hydroxylation sites is 2. The Labute approximate surface area is 600 Å². The molecule has 21 rings (SSSR count). The van der Waals surface area contributed by atoms with Crippen molar-refractivity contribution in [2.45, 2.75) is 0 Å². The van der Waals surface area contributed by atoms with Crippen molar-refractivity contribution in [3.8, 4) is 89.3 Å². The third kappa shape index (κ3) is 10.5. The van der Waals surface area contributed by atoms with Crippen molar-refractivity contribution in [1.82, 2.24) is 19.9 Å². The van der Waals surface area contributed by atoms with E-state index in [1.807, 2.05) is 0 Å². The molecular weight excluding hydrogens is 1260 g/mol. The second kappa shape index (κ2) is 25.1. The van der Waals surface area contributed by atoms with Crippen LogP contribution in [0.3, 0.4) is 0 Å². The van der Waals surface area contributed by atoms with Gasteiger partial charge >= 0.3 is 0 Å². The minimum absolute atomic E-state index is 0.915. The van der Waals surface area contributed by atoms with Gasteiger partial charge in [0.1, 0.15) is 0 Å². The lowest BCUT2D eigenvalue weighted by atomic mass is 9.85. The molecule has 482 valence electrons. The Morgan fingerprint density at radius 3 is 0.923 bits per heavy atom. The Balaban J connectivity index is 0.000000139. The van der Waals surface area contributed by atoms with E-state index in [-0.39, 0.29) is 0 Å². The van der Waals surface area contributed by atoms with Crippen molar-refractivity contribution >= 4 is 119 Å². The molecule has 0 radical (unpaired) electrons. The summed E-state index contributed by atoms with van der Waals surface area (Å²) in [5.74, 6) is 0. The summed E-state index contributed by atoms with van der Waals surface area (Å²) in [4.78, 5) is 21.0. The lowest BCUT2D eigenvalue weighted by Gasteiger charge is -2.18. The van der Waals surface area contributed by atoms with Crippen molar-refractivity contribution < 1.29 is 0 Å². The molecule has 4 heterocycles. The van der Waals surface area contributed by atoms with Crippen LogP contribution in [0.5, 0.6) is 0 Å². The van der Waals surface area contributed by atoms with Gasteiger partial charge in [-0.2, -0.15) is 0 Å². The molecule has 0 fully saturated rings. The van der Waals surface area contributed by atoms with Gasteiger partial charge in [0.05, 0.1) is 44.5 Å². The number of hydrogen-bond acceptors (Lipinski definition) is 4. The van der Waals surface area contributed by atoms with Gasteiger partial charge in [-0.05, 0) is 164 Å². The Morgan fingerprint density at radius 1 is 0.135 bits per heavy atom. The van der Waals surface area contributed by atoms with Crippen LogP contribution in [0.2, 0.25) is 0 Å². The maximum Gasteiger partial charge on any atom is 0.0978 e. The zero-order valence-electron chi connectivity index (χ0n) is 56.6. The molecule has 0 N–H and O–H groups in total. The minimum atomic E-state index is 0.915. The molecule has 0 spiro atoms. The van der Waals surface area contributed by atoms with Gasteiger partial charge < -0.3 is 0 Å². The van der Waals surface area contributed by atoms with Crippen molar-refractivity contribution in [2.75, 3.05) is 0 Å². The van der Waals surface area contributed by atoms with Crippen molar-refractivity contribution in [3.63, 3.8) is 0 Å². The third-order valence-electron chi connectivity index (χ3n) is 21.0. The van der Waals surface area contributed by atoms with E-state index in [1.54, 1.807) is 0 Å². The minimum Gasteiger partial charge on any atom is -0.245 e. The molecule has 104 heavy (non-hydrogen) atoms. The van der Waals surface area contributed by atoms with Gasteiger partial charge in [-0.1, -0.05) is 322 Å². The van der Waals surface area contributed by atoms with Crippen LogP contribution in [0.15, 0.2) is 376 Å². The molecule has 0 aliphatic rings. The van der Waals surface area contributed by atoms with E-state index in [1.165, 1.54) is 121 Å². The van der Waals surface area contributed by atoms with E-state index < -0.39 is 0 Å². The molecule has 0 saturated carbocycles. The van der Waals surface area contributed by atoms with Crippen molar-refractivity contribution in [2.24, 2.45) is 0 Å². The van der Waals surface area contributed by atoms with E-state index in [0.717, 1.165) is 87.9 Å². The highest BCUT2D eigenvalue weighted by atomic mass is 14.8. The normalized spacial score (nSPS) is 11.7. The Kier molecular flexibility index (Phi) is 14.5. The SMILES string of the molecule is c1ccc(-c2c3ccccc3nc3c2ccc2ccc(-c4ccc(-c5c6ccccc6c(-c6ccc7ccccc7c6)c6ccccc56)cc4)nc23)cc1.c1ccc(-c2c3ccccc3nc3c2ccc2ccc(-c4cccc(-c5ccc6cc(-c7ccc8ccccc8c7)ccc6c5)c4)nc23)cc1. The van der Waals surface area contributed by atoms with Crippen LogP contribution >= 0.6 is 0 Å². The molecule has 0 amide bonds. The number of pyridine rings is 4. The summed E-state index contributed by atoms with van der Waals surface area (Å²) in [5, 5.41) is 19.1. The van der Waals surface area contributed by atoms with Crippen LogP contribution in [0.25, 0.3) is 209 Å². The van der Waals surface area contributed by atoms with Gasteiger partial charge in [0.2, 0.25) is 0 Å². The molecule has 0 aliphatic carbocycles. The zero-order valence-corrected chi connectivity index (χ0v) is 56.6. The fourth-order valence-electron chi connectivity index (χ4n) is 16.0. The summed E-state index contributed by atoms with van der Waals surface area (Å²) in [7, 11) is 0. The molecular formula is C100H62N4. The highest BCUT2D eigenvalue weighted by Crippen LogP contribution is 2.46. The highest BCUT2D eigenvalue weighted by Gasteiger charge is 2.21. The molecule has 4 heteroatoms. The van der Waals surface area contributed by atoms with Crippen LogP contribution in [-0.4, -0.2) is 19.9 Å². The fourth-order valence-corrected chi connectivity index (χ4v) is 16.0. The van der Waals surface area contributed by atoms with Gasteiger partial charge in [-0.25, -0.2) is 19.9 Å². The second-order valence-corrected chi connectivity index (χ2v) is 27.1. The number of benzene rings is 17. The van der Waals surface area contributed by atoms with Crippen molar-refractivity contribution in [1.29, 1.82) is 0 Å². The Hall–Kier alpha value is -13.8. The van der Waals surface area contributed by atoms with Gasteiger partial charge in [0.25, 0.3) is 0 Å². The summed E-state index contributed by atoms with van der Waals surface area (Å²) in [6.45, 7) is 0. The monoisotopic (exact) mass is 1320 g/mol. The van der Waals surface area contributed by atoms with E-state index in [0.29, 0.717) is 0 Å². The number of hydrogen-bond donors (Lipinski definition) is 0. The average molecular weight is 1320 g/mol. The first kappa shape index (κ1) is 60.2. The largest absolute Gasteiger partial charge is 0.245 e. The van der Waals surface area contributed by atoms with Gasteiger partial charge in [-0.15, -0.1) is 0 Å². The van der Waals surface area contributed by atoms with Crippen LogP contribution in [0.1, 0.15) is 0 Å². The molecule has 17 aromatic carbocycles. The highest BCUT2D eigenvalue weighted by molar-refractivity contribution is 6.23. The molecule has 0 saturated heterocycles. The molecule has 21 aromatic rings. The van der Waals surface area contributed by atoms with Crippen LogP contribution in [0.4, 0.5) is 0 Å². The zero-order chi connectivity index (χ0) is 68.6. The van der Waals surface area contributed by atoms with Crippen molar-refractivity contribution in [3.05, 3.63) is 376 Å². The predicted octanol–water partition coefficient (Wildman–Crippen LogP) is 27.0. The van der Waals surface area contributed by atoms with E-state index in [2.05, 4.69) is 376 Å². The number of aromatic nitrogens is 4. The van der Waals surface area contributed by atoms with Crippen LogP contribution < -0.4 is 0 Å². The summed E-state index contributed by atoms with van der Waals surface area (Å²) >= 11 is 0. The average Bonchev–Trinajstić information content (AvgIpc) is 0.745. The Morgan fingerprint density at radius 2 is 0.433 bits per heavy atom. The quantitative estimate of drug-likeness (QED) is 0.112.